The van der Waals surface area contributed by atoms with E-state index in [-0.39, 0.29) is 6.61 Å². The molecule has 1 N–H and O–H groups in total. The van der Waals surface area contributed by atoms with E-state index in [0.29, 0.717) is 5.69 Å². The number of rotatable bonds is 4. The minimum Gasteiger partial charge on any atom is -0.390 e. The van der Waals surface area contributed by atoms with Crippen molar-refractivity contribution in [3.05, 3.63) is 66.1 Å². The van der Waals surface area contributed by atoms with Crippen molar-refractivity contribution in [2.45, 2.75) is 13.2 Å². The average molecular weight is 279 g/mol. The summed E-state index contributed by atoms with van der Waals surface area (Å²) in [5.74, 6) is 0. The third kappa shape index (κ3) is 2.85. The first-order chi connectivity index (χ1) is 10.3. The third-order valence-electron chi connectivity index (χ3n) is 3.49. The predicted octanol–water partition coefficient (Wildman–Crippen LogP) is 2.76. The number of anilines is 1. The fourth-order valence-electron chi connectivity index (χ4n) is 2.45. The molecule has 0 fully saturated rings. The molecule has 0 aliphatic carbocycles. The number of aliphatic hydroxyl groups excluding tert-OH is 1. The van der Waals surface area contributed by atoms with Gasteiger partial charge in [-0.2, -0.15) is 0 Å². The molecule has 0 radical (unpaired) electrons. The maximum absolute atomic E-state index is 9.40. The van der Waals surface area contributed by atoms with Gasteiger partial charge in [-0.15, -0.1) is 0 Å². The Labute approximate surface area is 123 Å². The van der Waals surface area contributed by atoms with Crippen molar-refractivity contribution in [1.82, 2.24) is 9.97 Å². The van der Waals surface area contributed by atoms with Crippen LogP contribution in [0.1, 0.15) is 11.3 Å². The van der Waals surface area contributed by atoms with E-state index in [1.54, 1.807) is 12.4 Å². The molecule has 4 heteroatoms. The Hall–Kier alpha value is -2.46. The molecule has 3 aromatic rings. The highest BCUT2D eigenvalue weighted by atomic mass is 16.3. The van der Waals surface area contributed by atoms with Gasteiger partial charge in [0.1, 0.15) is 0 Å². The van der Waals surface area contributed by atoms with Crippen LogP contribution in [0, 0.1) is 0 Å². The molecule has 1 aromatic carbocycles. The van der Waals surface area contributed by atoms with Crippen molar-refractivity contribution in [3.63, 3.8) is 0 Å². The number of nitrogens with zero attached hydrogens (tertiary/aromatic N) is 3. The Bertz CT molecular complexity index is 743. The van der Waals surface area contributed by atoms with Gasteiger partial charge >= 0.3 is 0 Å². The molecule has 2 aromatic heterocycles. The van der Waals surface area contributed by atoms with Crippen LogP contribution in [0.3, 0.4) is 0 Å². The maximum atomic E-state index is 9.40. The van der Waals surface area contributed by atoms with Crippen LogP contribution >= 0.6 is 0 Å². The van der Waals surface area contributed by atoms with E-state index in [0.717, 1.165) is 23.1 Å². The molecule has 0 saturated heterocycles. The molecule has 0 bridgehead atoms. The Morgan fingerprint density at radius 1 is 1.10 bits per heavy atom. The van der Waals surface area contributed by atoms with Gasteiger partial charge < -0.3 is 10.0 Å². The van der Waals surface area contributed by atoms with Crippen molar-refractivity contribution in [2.75, 3.05) is 11.9 Å². The van der Waals surface area contributed by atoms with Crippen molar-refractivity contribution in [3.8, 4) is 0 Å². The number of aromatic nitrogens is 2. The number of benzene rings is 1. The molecular formula is C17H17N3O. The van der Waals surface area contributed by atoms with Crippen LogP contribution in [0.15, 0.2) is 54.9 Å². The van der Waals surface area contributed by atoms with Gasteiger partial charge in [0, 0.05) is 37.1 Å². The molecular weight excluding hydrogens is 262 g/mol. The van der Waals surface area contributed by atoms with Gasteiger partial charge in [-0.25, -0.2) is 0 Å². The van der Waals surface area contributed by atoms with Gasteiger partial charge in [0.05, 0.1) is 17.8 Å². The molecule has 21 heavy (non-hydrogen) atoms. The van der Waals surface area contributed by atoms with E-state index >= 15 is 0 Å². The Kier molecular flexibility index (Phi) is 3.79. The zero-order valence-corrected chi connectivity index (χ0v) is 11.9. The molecule has 0 atom stereocenters. The number of aliphatic hydroxyl groups is 1. The highest BCUT2D eigenvalue weighted by Crippen LogP contribution is 2.27. The van der Waals surface area contributed by atoms with Gasteiger partial charge in [0.15, 0.2) is 0 Å². The molecule has 0 aliphatic heterocycles. The summed E-state index contributed by atoms with van der Waals surface area (Å²) < 4.78 is 0. The second kappa shape index (κ2) is 5.89. The quantitative estimate of drug-likeness (QED) is 0.798. The van der Waals surface area contributed by atoms with E-state index in [9.17, 15) is 5.11 Å². The highest BCUT2D eigenvalue weighted by molar-refractivity contribution is 5.91. The average Bonchev–Trinajstić information content (AvgIpc) is 2.54. The molecule has 0 spiro atoms. The molecule has 106 valence electrons. The second-order valence-electron chi connectivity index (χ2n) is 5.02. The zero-order valence-electron chi connectivity index (χ0n) is 11.9. The van der Waals surface area contributed by atoms with Crippen molar-refractivity contribution >= 4 is 16.6 Å². The lowest BCUT2D eigenvalue weighted by atomic mass is 10.1. The van der Waals surface area contributed by atoms with Crippen molar-refractivity contribution in [1.29, 1.82) is 0 Å². The van der Waals surface area contributed by atoms with Crippen LogP contribution in [-0.4, -0.2) is 22.1 Å². The first-order valence-electron chi connectivity index (χ1n) is 6.87. The minimum absolute atomic E-state index is 0.0546. The van der Waals surface area contributed by atoms with Gasteiger partial charge in [0.25, 0.3) is 0 Å². The number of hydrogen-bond donors (Lipinski definition) is 1. The first kappa shape index (κ1) is 13.5. The van der Waals surface area contributed by atoms with Gasteiger partial charge in [0.2, 0.25) is 0 Å². The zero-order chi connectivity index (χ0) is 14.7. The lowest BCUT2D eigenvalue weighted by molar-refractivity contribution is 0.277. The summed E-state index contributed by atoms with van der Waals surface area (Å²) in [6.45, 7) is 0.725. The van der Waals surface area contributed by atoms with Crippen LogP contribution in [-0.2, 0) is 13.2 Å². The summed E-state index contributed by atoms with van der Waals surface area (Å²) >= 11 is 0. The monoisotopic (exact) mass is 279 g/mol. The van der Waals surface area contributed by atoms with Crippen LogP contribution < -0.4 is 4.90 Å². The molecule has 0 unspecified atom stereocenters. The lowest BCUT2D eigenvalue weighted by Gasteiger charge is -2.22. The van der Waals surface area contributed by atoms with Gasteiger partial charge in [-0.1, -0.05) is 18.2 Å². The first-order valence-corrected chi connectivity index (χ1v) is 6.87. The van der Waals surface area contributed by atoms with Gasteiger partial charge in [-0.05, 0) is 29.8 Å². The summed E-state index contributed by atoms with van der Waals surface area (Å²) in [6, 6.07) is 14.0. The smallest absolute Gasteiger partial charge is 0.0854 e. The highest BCUT2D eigenvalue weighted by Gasteiger charge is 2.09. The summed E-state index contributed by atoms with van der Waals surface area (Å²) in [7, 11) is 2.04. The van der Waals surface area contributed by atoms with Crippen molar-refractivity contribution in [2.24, 2.45) is 0 Å². The lowest BCUT2D eigenvalue weighted by Crippen LogP contribution is -2.17. The van der Waals surface area contributed by atoms with Gasteiger partial charge in [-0.3, -0.25) is 9.97 Å². The SMILES string of the molecule is CN(Cc1ccncc1)c1cc(CO)nc2ccccc12. The number of hydrogen-bond acceptors (Lipinski definition) is 4. The number of fused-ring (bicyclic) bond motifs is 1. The topological polar surface area (TPSA) is 49.2 Å². The van der Waals surface area contributed by atoms with E-state index in [2.05, 4.69) is 20.9 Å². The minimum atomic E-state index is -0.0546. The van der Waals surface area contributed by atoms with E-state index in [1.807, 2.05) is 43.4 Å². The van der Waals surface area contributed by atoms with E-state index < -0.39 is 0 Å². The molecule has 3 rings (SSSR count). The Balaban J connectivity index is 2.02. The standard InChI is InChI=1S/C17H17N3O/c1-20(11-13-6-8-18-9-7-13)17-10-14(12-21)19-16-5-3-2-4-15(16)17/h2-10,21H,11-12H2,1H3. The molecule has 4 nitrogen and oxygen atoms in total. The van der Waals surface area contributed by atoms with Crippen LogP contribution in [0.25, 0.3) is 10.9 Å². The molecule has 0 aliphatic rings. The summed E-state index contributed by atoms with van der Waals surface area (Å²) in [5, 5.41) is 10.5. The van der Waals surface area contributed by atoms with E-state index in [4.69, 9.17) is 0 Å². The summed E-state index contributed by atoms with van der Waals surface area (Å²) in [6.07, 6.45) is 3.60. The summed E-state index contributed by atoms with van der Waals surface area (Å²) in [4.78, 5) is 10.7. The second-order valence-corrected chi connectivity index (χ2v) is 5.02. The maximum Gasteiger partial charge on any atom is 0.0854 e. The Morgan fingerprint density at radius 3 is 2.62 bits per heavy atom. The molecule has 0 saturated carbocycles. The fraction of sp³-hybridized carbons (Fsp3) is 0.176. The summed E-state index contributed by atoms with van der Waals surface area (Å²) in [5.41, 5.74) is 3.85. The normalized spacial score (nSPS) is 10.8. The molecule has 0 amide bonds. The van der Waals surface area contributed by atoms with Crippen molar-refractivity contribution < 1.29 is 5.11 Å². The van der Waals surface area contributed by atoms with Crippen LogP contribution in [0.4, 0.5) is 5.69 Å². The molecule has 2 heterocycles. The van der Waals surface area contributed by atoms with Crippen LogP contribution in [0.5, 0.6) is 0 Å². The van der Waals surface area contributed by atoms with E-state index in [1.165, 1.54) is 5.56 Å². The van der Waals surface area contributed by atoms with Crippen LogP contribution in [0.2, 0.25) is 0 Å². The largest absolute Gasteiger partial charge is 0.390 e. The Morgan fingerprint density at radius 2 is 1.86 bits per heavy atom. The number of pyridine rings is 2. The fourth-order valence-corrected chi connectivity index (χ4v) is 2.45. The third-order valence-corrected chi connectivity index (χ3v) is 3.49. The number of para-hydroxylation sites is 1. The predicted molar refractivity (Wildman–Crippen MR) is 84.0 cm³/mol.